The van der Waals surface area contributed by atoms with E-state index in [4.69, 9.17) is 9.47 Å². The molecule has 0 radical (unpaired) electrons. The van der Waals surface area contributed by atoms with Crippen LogP contribution in [0.2, 0.25) is 0 Å². The Morgan fingerprint density at radius 3 is 2.77 bits per heavy atom. The number of para-hydroxylation sites is 1. The fraction of sp³-hybridized carbons (Fsp3) is 0.250. The van der Waals surface area contributed by atoms with E-state index < -0.39 is 11.9 Å². The summed E-state index contributed by atoms with van der Waals surface area (Å²) >= 11 is 0. The highest BCUT2D eigenvalue weighted by molar-refractivity contribution is 6.16. The van der Waals surface area contributed by atoms with Gasteiger partial charge in [-0.25, -0.2) is 4.79 Å². The minimum Gasteiger partial charge on any atom is -0.504 e. The first kappa shape index (κ1) is 15.6. The lowest BCUT2D eigenvalue weighted by atomic mass is 10.0. The second-order valence-corrected chi connectivity index (χ2v) is 4.63. The number of aromatic hydroxyl groups is 1. The third kappa shape index (κ3) is 2.81. The van der Waals surface area contributed by atoms with Gasteiger partial charge in [0, 0.05) is 11.3 Å². The van der Waals surface area contributed by atoms with Gasteiger partial charge in [0.15, 0.2) is 11.5 Å². The van der Waals surface area contributed by atoms with Gasteiger partial charge in [-0.1, -0.05) is 12.1 Å². The maximum atomic E-state index is 12.0. The normalized spacial score (nSPS) is 16.0. The van der Waals surface area contributed by atoms with Crippen molar-refractivity contribution in [2.75, 3.05) is 13.7 Å². The average molecular weight is 303 g/mol. The molecule has 0 saturated carbocycles. The van der Waals surface area contributed by atoms with Gasteiger partial charge in [-0.05, 0) is 26.0 Å². The van der Waals surface area contributed by atoms with Crippen LogP contribution in [-0.2, 0) is 14.3 Å². The lowest BCUT2D eigenvalue weighted by Gasteiger charge is -2.08. The summed E-state index contributed by atoms with van der Waals surface area (Å²) in [4.78, 5) is 23.8. The molecule has 0 fully saturated rings. The summed E-state index contributed by atoms with van der Waals surface area (Å²) in [5.41, 5.74) is 1.11. The molecule has 0 aromatic heterocycles. The second kappa shape index (κ2) is 6.34. The molecule has 2 N–H and O–H groups in total. The van der Waals surface area contributed by atoms with E-state index in [1.54, 1.807) is 32.0 Å². The molecule has 116 valence electrons. The molecule has 0 spiro atoms. The fourth-order valence-corrected chi connectivity index (χ4v) is 2.20. The summed E-state index contributed by atoms with van der Waals surface area (Å²) in [6.07, 6.45) is 1.44. The maximum Gasteiger partial charge on any atom is 0.340 e. The second-order valence-electron chi connectivity index (χ2n) is 4.63. The third-order valence-electron chi connectivity index (χ3n) is 3.21. The van der Waals surface area contributed by atoms with Crippen LogP contribution in [0.4, 0.5) is 0 Å². The molecule has 1 aromatic rings. The number of nitrogens with one attached hydrogen (secondary N) is 1. The van der Waals surface area contributed by atoms with Crippen LogP contribution in [0.3, 0.4) is 0 Å². The highest BCUT2D eigenvalue weighted by atomic mass is 16.5. The van der Waals surface area contributed by atoms with Crippen molar-refractivity contribution >= 4 is 18.0 Å². The van der Waals surface area contributed by atoms with Gasteiger partial charge in [0.1, 0.15) is 0 Å². The molecule has 22 heavy (non-hydrogen) atoms. The number of methoxy groups -OCH3 is 1. The zero-order valence-electron chi connectivity index (χ0n) is 12.6. The van der Waals surface area contributed by atoms with Gasteiger partial charge in [-0.3, -0.25) is 4.79 Å². The minimum atomic E-state index is -0.609. The lowest BCUT2D eigenvalue weighted by molar-refractivity contribution is -0.136. The number of allylic oxidation sites excluding steroid dienone is 1. The summed E-state index contributed by atoms with van der Waals surface area (Å²) < 4.78 is 10.00. The van der Waals surface area contributed by atoms with E-state index in [9.17, 15) is 14.7 Å². The van der Waals surface area contributed by atoms with Crippen molar-refractivity contribution in [3.8, 4) is 11.5 Å². The van der Waals surface area contributed by atoms with E-state index in [0.717, 1.165) is 0 Å². The van der Waals surface area contributed by atoms with Crippen LogP contribution in [0.25, 0.3) is 6.08 Å². The monoisotopic (exact) mass is 303 g/mol. The molecule has 1 aliphatic rings. The average Bonchev–Trinajstić information content (AvgIpc) is 2.77. The van der Waals surface area contributed by atoms with Gasteiger partial charge in [0.2, 0.25) is 0 Å². The van der Waals surface area contributed by atoms with Crippen molar-refractivity contribution in [2.24, 2.45) is 0 Å². The Kier molecular flexibility index (Phi) is 4.50. The number of benzene rings is 1. The van der Waals surface area contributed by atoms with Gasteiger partial charge in [-0.2, -0.15) is 0 Å². The Morgan fingerprint density at radius 1 is 1.41 bits per heavy atom. The van der Waals surface area contributed by atoms with E-state index in [-0.39, 0.29) is 16.9 Å². The largest absolute Gasteiger partial charge is 0.504 e. The first-order valence-corrected chi connectivity index (χ1v) is 6.77. The number of hydrogen-bond acceptors (Lipinski definition) is 5. The number of amides is 1. The molecule has 0 saturated heterocycles. The Balaban J connectivity index is 2.50. The molecule has 1 aliphatic heterocycles. The maximum absolute atomic E-state index is 12.0. The number of rotatable bonds is 4. The first-order valence-electron chi connectivity index (χ1n) is 6.77. The van der Waals surface area contributed by atoms with Gasteiger partial charge in [0.05, 0.1) is 24.9 Å². The number of carbonyl (C=O) groups excluding carboxylic acids is 2. The van der Waals surface area contributed by atoms with E-state index in [2.05, 4.69) is 5.32 Å². The first-order chi connectivity index (χ1) is 10.5. The van der Waals surface area contributed by atoms with Crippen molar-refractivity contribution < 1.29 is 24.2 Å². The summed E-state index contributed by atoms with van der Waals surface area (Å²) in [5, 5.41) is 12.8. The number of hydrogen-bond donors (Lipinski definition) is 2. The van der Waals surface area contributed by atoms with E-state index in [0.29, 0.717) is 23.6 Å². The van der Waals surface area contributed by atoms with Crippen LogP contribution in [-0.4, -0.2) is 30.7 Å². The van der Waals surface area contributed by atoms with E-state index >= 15 is 0 Å². The Morgan fingerprint density at radius 2 is 2.14 bits per heavy atom. The van der Waals surface area contributed by atoms with Crippen LogP contribution < -0.4 is 10.1 Å². The molecule has 6 nitrogen and oxygen atoms in total. The van der Waals surface area contributed by atoms with Crippen molar-refractivity contribution in [1.82, 2.24) is 5.32 Å². The van der Waals surface area contributed by atoms with E-state index in [1.807, 2.05) is 0 Å². The Hall–Kier alpha value is -2.76. The van der Waals surface area contributed by atoms with Crippen molar-refractivity contribution in [3.05, 3.63) is 40.6 Å². The molecule has 0 aliphatic carbocycles. The zero-order valence-corrected chi connectivity index (χ0v) is 12.6. The fourth-order valence-electron chi connectivity index (χ4n) is 2.20. The number of phenolic OH excluding ortho intramolecular Hbond substituents is 1. The number of carbonyl (C=O) groups is 2. The molecule has 1 aromatic carbocycles. The zero-order chi connectivity index (χ0) is 16.3. The smallest absolute Gasteiger partial charge is 0.340 e. The molecule has 0 atom stereocenters. The van der Waals surface area contributed by atoms with Crippen molar-refractivity contribution in [1.29, 1.82) is 0 Å². The third-order valence-corrected chi connectivity index (χ3v) is 3.21. The van der Waals surface area contributed by atoms with Gasteiger partial charge in [-0.15, -0.1) is 0 Å². The summed E-state index contributed by atoms with van der Waals surface area (Å²) in [6.45, 7) is 3.82. The predicted octanol–water partition coefficient (Wildman–Crippen LogP) is 1.75. The van der Waals surface area contributed by atoms with Crippen molar-refractivity contribution in [2.45, 2.75) is 13.8 Å². The Labute approximate surface area is 128 Å². The molecule has 2 rings (SSSR count). The Bertz CT molecular complexity index is 688. The number of esters is 1. The van der Waals surface area contributed by atoms with Gasteiger partial charge >= 0.3 is 5.97 Å². The minimum absolute atomic E-state index is 0.0848. The summed E-state index contributed by atoms with van der Waals surface area (Å²) in [7, 11) is 1.25. The van der Waals surface area contributed by atoms with Gasteiger partial charge < -0.3 is 19.9 Å². The van der Waals surface area contributed by atoms with Gasteiger partial charge in [0.25, 0.3) is 5.91 Å². The molecule has 1 amide bonds. The topological polar surface area (TPSA) is 84.9 Å². The van der Waals surface area contributed by atoms with Crippen LogP contribution >= 0.6 is 0 Å². The standard InChI is InChI=1S/C16H17NO5/c1-4-22-12-7-5-6-10(14(12)18)8-11-13(16(20)21-3)9(2)17-15(11)19/h5-8,18H,4H2,1-3H3,(H,17,19)/b11-8-. The summed E-state index contributed by atoms with van der Waals surface area (Å²) in [5.74, 6) is -0.796. The molecule has 6 heteroatoms. The molecule has 0 bridgehead atoms. The number of ether oxygens (including phenoxy) is 2. The number of phenols is 1. The summed E-state index contributed by atoms with van der Waals surface area (Å²) in [6, 6.07) is 4.94. The lowest BCUT2D eigenvalue weighted by Crippen LogP contribution is -2.15. The molecular formula is C16H17NO5. The van der Waals surface area contributed by atoms with Crippen molar-refractivity contribution in [3.63, 3.8) is 0 Å². The van der Waals surface area contributed by atoms with Crippen LogP contribution in [0, 0.1) is 0 Å². The van der Waals surface area contributed by atoms with Crippen LogP contribution in [0.15, 0.2) is 35.0 Å². The predicted molar refractivity (Wildman–Crippen MR) is 80.1 cm³/mol. The highest BCUT2D eigenvalue weighted by Gasteiger charge is 2.30. The van der Waals surface area contributed by atoms with E-state index in [1.165, 1.54) is 13.2 Å². The quantitative estimate of drug-likeness (QED) is 0.654. The molecule has 0 unspecified atom stereocenters. The molecular weight excluding hydrogens is 286 g/mol. The van der Waals surface area contributed by atoms with Crippen LogP contribution in [0.1, 0.15) is 19.4 Å². The SMILES string of the molecule is CCOc1cccc(/C=C2\C(=O)NC(C)=C2C(=O)OC)c1O. The molecule has 1 heterocycles. The highest BCUT2D eigenvalue weighted by Crippen LogP contribution is 2.33. The van der Waals surface area contributed by atoms with Crippen LogP contribution in [0.5, 0.6) is 11.5 Å².